The van der Waals surface area contributed by atoms with E-state index in [1.54, 1.807) is 24.3 Å². The summed E-state index contributed by atoms with van der Waals surface area (Å²) in [6.07, 6.45) is 0. The van der Waals surface area contributed by atoms with Crippen LogP contribution in [0.15, 0.2) is 47.3 Å². The molecule has 0 aliphatic rings. The van der Waals surface area contributed by atoms with Gasteiger partial charge < -0.3 is 19.9 Å². The van der Waals surface area contributed by atoms with E-state index in [1.165, 1.54) is 25.3 Å². The van der Waals surface area contributed by atoms with Crippen molar-refractivity contribution in [2.75, 3.05) is 7.11 Å². The normalized spacial score (nSPS) is 10.7. The minimum Gasteiger partial charge on any atom is -0.508 e. The first-order chi connectivity index (χ1) is 10.1. The number of aromatic hydroxyl groups is 2. The van der Waals surface area contributed by atoms with E-state index in [0.29, 0.717) is 27.8 Å². The molecular weight excluding hydrogens is 270 g/mol. The molecular formula is C16H13NO4. The van der Waals surface area contributed by atoms with E-state index in [-0.39, 0.29) is 17.1 Å². The Balaban J connectivity index is 2.29. The molecule has 21 heavy (non-hydrogen) atoms. The molecule has 3 aromatic rings. The monoisotopic (exact) mass is 283 g/mol. The number of nitrogens with one attached hydrogen (secondary N) is 1. The topological polar surface area (TPSA) is 82.5 Å². The van der Waals surface area contributed by atoms with Crippen LogP contribution < -0.4 is 10.3 Å². The van der Waals surface area contributed by atoms with Gasteiger partial charge in [-0.25, -0.2) is 0 Å². The molecule has 3 N–H and O–H groups in total. The Hall–Kier alpha value is -2.95. The van der Waals surface area contributed by atoms with E-state index >= 15 is 0 Å². The second-order valence-corrected chi connectivity index (χ2v) is 4.67. The van der Waals surface area contributed by atoms with Gasteiger partial charge >= 0.3 is 0 Å². The van der Waals surface area contributed by atoms with Gasteiger partial charge in [0.1, 0.15) is 17.2 Å². The molecule has 1 heterocycles. The van der Waals surface area contributed by atoms with Crippen molar-refractivity contribution in [2.45, 2.75) is 0 Å². The highest BCUT2D eigenvalue weighted by Crippen LogP contribution is 2.31. The van der Waals surface area contributed by atoms with Gasteiger partial charge in [-0.2, -0.15) is 0 Å². The van der Waals surface area contributed by atoms with Gasteiger partial charge in [0.2, 0.25) is 0 Å². The third-order valence-corrected chi connectivity index (χ3v) is 3.31. The minimum atomic E-state index is -0.305. The van der Waals surface area contributed by atoms with Crippen LogP contribution in [0.1, 0.15) is 0 Å². The molecule has 0 amide bonds. The number of fused-ring (bicyclic) bond motifs is 1. The van der Waals surface area contributed by atoms with Gasteiger partial charge in [0.05, 0.1) is 12.6 Å². The predicted octanol–water partition coefficient (Wildman–Crippen LogP) is 2.61. The SMILES string of the molecule is COc1cc(O)c2cc(-c3cccc(O)c3)c(=O)[nH]c2c1. The molecule has 3 rings (SSSR count). The Bertz CT molecular complexity index is 883. The lowest BCUT2D eigenvalue weighted by Crippen LogP contribution is -2.08. The van der Waals surface area contributed by atoms with Gasteiger partial charge in [-0.3, -0.25) is 4.79 Å². The quantitative estimate of drug-likeness (QED) is 0.675. The number of rotatable bonds is 2. The number of aromatic nitrogens is 1. The Morgan fingerprint density at radius 2 is 1.90 bits per heavy atom. The van der Waals surface area contributed by atoms with Crippen molar-refractivity contribution < 1.29 is 14.9 Å². The number of hydrogen-bond donors (Lipinski definition) is 3. The number of benzene rings is 2. The molecule has 5 heteroatoms. The zero-order valence-corrected chi connectivity index (χ0v) is 11.3. The molecule has 0 spiro atoms. The maximum atomic E-state index is 12.2. The lowest BCUT2D eigenvalue weighted by Gasteiger charge is -2.08. The summed E-state index contributed by atoms with van der Waals surface area (Å²) in [4.78, 5) is 14.9. The van der Waals surface area contributed by atoms with Crippen LogP contribution in [0.2, 0.25) is 0 Å². The van der Waals surface area contributed by atoms with Crippen molar-refractivity contribution in [1.82, 2.24) is 4.98 Å². The molecule has 0 saturated heterocycles. The molecule has 0 atom stereocenters. The Kier molecular flexibility index (Phi) is 3.02. The maximum Gasteiger partial charge on any atom is 0.256 e. The van der Waals surface area contributed by atoms with E-state index in [2.05, 4.69) is 4.98 Å². The lowest BCUT2D eigenvalue weighted by molar-refractivity contribution is 0.409. The smallest absolute Gasteiger partial charge is 0.256 e. The van der Waals surface area contributed by atoms with E-state index in [0.717, 1.165) is 0 Å². The fourth-order valence-electron chi connectivity index (χ4n) is 2.27. The fourth-order valence-corrected chi connectivity index (χ4v) is 2.27. The van der Waals surface area contributed by atoms with Crippen LogP contribution >= 0.6 is 0 Å². The van der Waals surface area contributed by atoms with E-state index in [1.807, 2.05) is 0 Å². The van der Waals surface area contributed by atoms with Crippen molar-refractivity contribution in [2.24, 2.45) is 0 Å². The summed E-state index contributed by atoms with van der Waals surface area (Å²) in [6, 6.07) is 11.1. The van der Waals surface area contributed by atoms with Crippen LogP contribution in [-0.4, -0.2) is 22.3 Å². The first kappa shape index (κ1) is 13.1. The number of phenols is 2. The first-order valence-electron chi connectivity index (χ1n) is 6.32. The van der Waals surface area contributed by atoms with Crippen molar-refractivity contribution in [1.29, 1.82) is 0 Å². The molecule has 0 aliphatic heterocycles. The zero-order chi connectivity index (χ0) is 15.0. The third-order valence-electron chi connectivity index (χ3n) is 3.31. The summed E-state index contributed by atoms with van der Waals surface area (Å²) in [5.41, 5.74) is 1.13. The number of methoxy groups -OCH3 is 1. The van der Waals surface area contributed by atoms with Crippen LogP contribution in [0.4, 0.5) is 0 Å². The number of ether oxygens (including phenoxy) is 1. The second-order valence-electron chi connectivity index (χ2n) is 4.67. The highest BCUT2D eigenvalue weighted by atomic mass is 16.5. The van der Waals surface area contributed by atoms with Crippen molar-refractivity contribution in [3.63, 3.8) is 0 Å². The summed E-state index contributed by atoms with van der Waals surface area (Å²) in [5, 5.41) is 20.1. The lowest BCUT2D eigenvalue weighted by atomic mass is 10.0. The predicted molar refractivity (Wildman–Crippen MR) is 79.9 cm³/mol. The van der Waals surface area contributed by atoms with Crippen molar-refractivity contribution in [3.05, 3.63) is 52.8 Å². The van der Waals surface area contributed by atoms with Crippen molar-refractivity contribution in [3.8, 4) is 28.4 Å². The number of aromatic amines is 1. The number of H-pyrrole nitrogens is 1. The Morgan fingerprint density at radius 3 is 2.62 bits per heavy atom. The van der Waals surface area contributed by atoms with Gasteiger partial charge in [-0.05, 0) is 23.8 Å². The molecule has 0 aliphatic carbocycles. The van der Waals surface area contributed by atoms with Crippen LogP contribution in [0.5, 0.6) is 17.2 Å². The second kappa shape index (κ2) is 4.86. The van der Waals surface area contributed by atoms with Crippen molar-refractivity contribution >= 4 is 10.9 Å². The molecule has 2 aromatic carbocycles. The summed E-state index contributed by atoms with van der Waals surface area (Å²) < 4.78 is 5.06. The Morgan fingerprint density at radius 1 is 1.10 bits per heavy atom. The molecule has 0 saturated carbocycles. The molecule has 5 nitrogen and oxygen atoms in total. The third kappa shape index (κ3) is 2.29. The number of phenolic OH excluding ortho intramolecular Hbond substituents is 2. The highest BCUT2D eigenvalue weighted by molar-refractivity contribution is 5.89. The fraction of sp³-hybridized carbons (Fsp3) is 0.0625. The van der Waals surface area contributed by atoms with Gasteiger partial charge in [-0.15, -0.1) is 0 Å². The van der Waals surface area contributed by atoms with Gasteiger partial charge in [0.15, 0.2) is 0 Å². The molecule has 0 unspecified atom stereocenters. The van der Waals surface area contributed by atoms with Gasteiger partial charge in [0, 0.05) is 23.1 Å². The van der Waals surface area contributed by atoms with Crippen LogP contribution in [0.3, 0.4) is 0 Å². The van der Waals surface area contributed by atoms with E-state index in [4.69, 9.17) is 4.74 Å². The average molecular weight is 283 g/mol. The Labute approximate surface area is 120 Å². The summed E-state index contributed by atoms with van der Waals surface area (Å²) in [5.74, 6) is 0.550. The average Bonchev–Trinajstić information content (AvgIpc) is 2.46. The summed E-state index contributed by atoms with van der Waals surface area (Å²) >= 11 is 0. The zero-order valence-electron chi connectivity index (χ0n) is 11.3. The van der Waals surface area contributed by atoms with Gasteiger partial charge in [-0.1, -0.05) is 12.1 Å². The van der Waals surface area contributed by atoms with Crippen LogP contribution in [-0.2, 0) is 0 Å². The van der Waals surface area contributed by atoms with E-state index < -0.39 is 0 Å². The first-order valence-corrected chi connectivity index (χ1v) is 6.32. The molecule has 0 bridgehead atoms. The number of pyridine rings is 1. The summed E-state index contributed by atoms with van der Waals surface area (Å²) in [6.45, 7) is 0. The minimum absolute atomic E-state index is 0.0157. The molecule has 106 valence electrons. The van der Waals surface area contributed by atoms with Crippen LogP contribution in [0.25, 0.3) is 22.0 Å². The van der Waals surface area contributed by atoms with Crippen LogP contribution in [0, 0.1) is 0 Å². The largest absolute Gasteiger partial charge is 0.508 e. The highest BCUT2D eigenvalue weighted by Gasteiger charge is 2.10. The van der Waals surface area contributed by atoms with Gasteiger partial charge in [0.25, 0.3) is 5.56 Å². The molecule has 0 radical (unpaired) electrons. The molecule has 1 aromatic heterocycles. The summed E-state index contributed by atoms with van der Waals surface area (Å²) in [7, 11) is 1.49. The maximum absolute atomic E-state index is 12.2. The molecule has 0 fully saturated rings. The van der Waals surface area contributed by atoms with E-state index in [9.17, 15) is 15.0 Å². The standard InChI is InChI=1S/C16H13NO4/c1-21-11-6-14-13(15(19)7-11)8-12(16(20)17-14)9-3-2-4-10(18)5-9/h2-8,18-19H,1H3,(H,17,20). The number of hydrogen-bond acceptors (Lipinski definition) is 4.